The summed E-state index contributed by atoms with van der Waals surface area (Å²) in [5, 5.41) is 0. The SMILES string of the molecule is CCCCCCCCc1ccc(-c2ccc(-c3ccc(CCCCCCCC)cc3)c(-c3ccc(-c4c(-c5ccc(CCCCCCCC)cc5)ccc(-c5ccc(CCCCCCCC)cc5)c4-c4ccc(CCCCCCCC)cc4)cc3)c2-c2ccc(CCCCCCCC)cc2)cc1. The van der Waals surface area contributed by atoms with Crippen LogP contribution in [0.5, 0.6) is 0 Å². The minimum atomic E-state index is 1.13. The molecule has 0 spiro atoms. The Morgan fingerprint density at radius 1 is 0.127 bits per heavy atom. The summed E-state index contributed by atoms with van der Waals surface area (Å²) in [7, 11) is 0. The Morgan fingerprint density at radius 2 is 0.255 bits per heavy atom. The monoisotopic (exact) mass is 1360 g/mol. The van der Waals surface area contributed by atoms with Gasteiger partial charge in [-0.3, -0.25) is 0 Å². The minimum Gasteiger partial charge on any atom is -0.0654 e. The van der Waals surface area contributed by atoms with Gasteiger partial charge >= 0.3 is 0 Å². The molecule has 0 aliphatic heterocycles. The van der Waals surface area contributed by atoms with E-state index in [4.69, 9.17) is 0 Å². The van der Waals surface area contributed by atoms with E-state index in [2.05, 4.69) is 236 Å². The van der Waals surface area contributed by atoms with Crippen molar-refractivity contribution in [2.45, 2.75) is 311 Å². The molecule has 0 atom stereocenters. The normalized spacial score (nSPS) is 11.5. The highest BCUT2D eigenvalue weighted by Gasteiger charge is 2.24. The van der Waals surface area contributed by atoms with Crippen molar-refractivity contribution < 1.29 is 0 Å². The highest BCUT2D eigenvalue weighted by Crippen LogP contribution is 2.50. The predicted octanol–water partition coefficient (Wildman–Crippen LogP) is 32.4. The number of hydrogen-bond donors (Lipinski definition) is 0. The molecule has 0 aliphatic carbocycles. The van der Waals surface area contributed by atoms with Crippen molar-refractivity contribution in [1.29, 1.82) is 0 Å². The van der Waals surface area contributed by atoms with E-state index in [1.807, 2.05) is 0 Å². The first-order valence-electron chi connectivity index (χ1n) is 42.4. The lowest BCUT2D eigenvalue weighted by Gasteiger charge is -2.23. The fraction of sp³-hybridized carbons (Fsp3) is 0.471. The summed E-state index contributed by atoms with van der Waals surface area (Å²) < 4.78 is 0. The smallest absolute Gasteiger partial charge is 0.00206 e. The molecule has 0 fully saturated rings. The van der Waals surface area contributed by atoms with E-state index >= 15 is 0 Å². The van der Waals surface area contributed by atoms with Gasteiger partial charge in [0.25, 0.3) is 0 Å². The predicted molar refractivity (Wildman–Crippen MR) is 452 cm³/mol. The largest absolute Gasteiger partial charge is 0.0654 e. The van der Waals surface area contributed by atoms with E-state index in [-0.39, 0.29) is 0 Å². The molecular formula is C102H134. The Morgan fingerprint density at radius 3 is 0.412 bits per heavy atom. The van der Waals surface area contributed by atoms with Crippen LogP contribution >= 0.6 is 0 Å². The molecule has 0 saturated carbocycles. The average molecular weight is 1360 g/mol. The lowest BCUT2D eigenvalue weighted by molar-refractivity contribution is 0.607. The zero-order valence-electron chi connectivity index (χ0n) is 65.2. The summed E-state index contributed by atoms with van der Waals surface area (Å²) in [4.78, 5) is 0. The lowest BCUT2D eigenvalue weighted by atomic mass is 9.80. The second kappa shape index (κ2) is 45.9. The highest BCUT2D eigenvalue weighted by atomic mass is 14.3. The van der Waals surface area contributed by atoms with Gasteiger partial charge in [0, 0.05) is 0 Å². The van der Waals surface area contributed by atoms with Crippen molar-refractivity contribution in [3.8, 4) is 89.0 Å². The van der Waals surface area contributed by atoms with Crippen LogP contribution in [0, 0.1) is 0 Å². The molecule has 0 amide bonds. The van der Waals surface area contributed by atoms with E-state index in [0.29, 0.717) is 0 Å². The number of aryl methyl sites for hydroxylation is 6. The van der Waals surface area contributed by atoms with Crippen LogP contribution in [0.2, 0.25) is 0 Å². The van der Waals surface area contributed by atoms with Crippen molar-refractivity contribution in [2.24, 2.45) is 0 Å². The fourth-order valence-corrected chi connectivity index (χ4v) is 15.9. The summed E-state index contributed by atoms with van der Waals surface area (Å²) in [6.45, 7) is 13.9. The number of rotatable bonds is 50. The fourth-order valence-electron chi connectivity index (χ4n) is 15.9. The first-order chi connectivity index (χ1) is 50.4. The van der Waals surface area contributed by atoms with Crippen LogP contribution in [0.3, 0.4) is 0 Å². The molecule has 0 aliphatic rings. The Bertz CT molecular complexity index is 3460. The number of benzene rings is 9. The Balaban J connectivity index is 1.20. The van der Waals surface area contributed by atoms with Crippen molar-refractivity contribution in [3.63, 3.8) is 0 Å². The van der Waals surface area contributed by atoms with Crippen LogP contribution in [-0.2, 0) is 38.5 Å². The Hall–Kier alpha value is -7.02. The zero-order chi connectivity index (χ0) is 71.0. The lowest BCUT2D eigenvalue weighted by Crippen LogP contribution is -1.97. The van der Waals surface area contributed by atoms with Crippen molar-refractivity contribution >= 4 is 0 Å². The second-order valence-electron chi connectivity index (χ2n) is 30.7. The zero-order valence-corrected chi connectivity index (χ0v) is 65.2. The third kappa shape index (κ3) is 25.1. The van der Waals surface area contributed by atoms with Gasteiger partial charge in [-0.1, -0.05) is 428 Å². The molecule has 0 bridgehead atoms. The van der Waals surface area contributed by atoms with E-state index in [1.54, 1.807) is 0 Å². The maximum atomic E-state index is 2.50. The van der Waals surface area contributed by atoms with E-state index in [1.165, 1.54) is 354 Å². The molecule has 0 heteroatoms. The van der Waals surface area contributed by atoms with Gasteiger partial charge in [-0.05, 0) is 199 Å². The first kappa shape index (κ1) is 79.1. The Labute approximate surface area is 623 Å². The van der Waals surface area contributed by atoms with Crippen LogP contribution in [0.25, 0.3) is 89.0 Å². The van der Waals surface area contributed by atoms with Gasteiger partial charge < -0.3 is 0 Å². The van der Waals surface area contributed by atoms with Crippen LogP contribution in [-0.4, -0.2) is 0 Å². The van der Waals surface area contributed by atoms with Crippen LogP contribution in [0.4, 0.5) is 0 Å². The number of hydrogen-bond acceptors (Lipinski definition) is 0. The standard InChI is InChI=1S/C102H134/c1-7-13-19-25-31-37-43-81-49-61-87(62-50-81)95-77-79-97(89-65-53-83(54-66-89)45-39-33-27-21-15-9-3)101(99(95)91-69-57-85(58-70-91)47-41-35-29-23-17-11-5)93-73-75-94(76-74-93)102-98(90-67-55-84(56-68-90)46-40-34-28-22-16-10-4)80-78-96(88-63-51-82(52-64-88)44-38-32-26-20-14-8-2)100(102)92-71-59-86(60-72-92)48-42-36-30-24-18-12-6/h49-80H,7-48H2,1-6H3. The third-order valence-corrected chi connectivity index (χ3v) is 22.3. The van der Waals surface area contributed by atoms with E-state index in [0.717, 1.165) is 38.5 Å². The highest BCUT2D eigenvalue weighted by molar-refractivity contribution is 6.04. The van der Waals surface area contributed by atoms with Crippen LogP contribution < -0.4 is 0 Å². The summed E-state index contributed by atoms with van der Waals surface area (Å²) in [6, 6.07) is 78.4. The summed E-state index contributed by atoms with van der Waals surface area (Å²) in [5.74, 6) is 0. The molecule has 9 aromatic rings. The molecule has 0 radical (unpaired) electrons. The first-order valence-corrected chi connectivity index (χ1v) is 42.4. The molecule has 0 aromatic heterocycles. The van der Waals surface area contributed by atoms with E-state index < -0.39 is 0 Å². The van der Waals surface area contributed by atoms with Crippen molar-refractivity contribution in [3.05, 3.63) is 228 Å². The van der Waals surface area contributed by atoms with Gasteiger partial charge in [0.15, 0.2) is 0 Å². The van der Waals surface area contributed by atoms with Crippen molar-refractivity contribution in [1.82, 2.24) is 0 Å². The molecule has 0 unspecified atom stereocenters. The molecule has 0 N–H and O–H groups in total. The molecule has 0 heterocycles. The summed E-state index contributed by atoms with van der Waals surface area (Å²) in [5.41, 5.74) is 29.2. The maximum absolute atomic E-state index is 2.50. The van der Waals surface area contributed by atoms with Gasteiger partial charge in [0.05, 0.1) is 0 Å². The minimum absolute atomic E-state index is 1.13. The third-order valence-electron chi connectivity index (χ3n) is 22.3. The molecule has 102 heavy (non-hydrogen) atoms. The molecular weight excluding hydrogens is 1230 g/mol. The molecule has 0 nitrogen and oxygen atoms in total. The number of unbranched alkanes of at least 4 members (excludes halogenated alkanes) is 30. The van der Waals surface area contributed by atoms with Crippen LogP contribution in [0.15, 0.2) is 194 Å². The van der Waals surface area contributed by atoms with Crippen LogP contribution in [0.1, 0.15) is 306 Å². The Kier molecular flexibility index (Phi) is 35.6. The van der Waals surface area contributed by atoms with Gasteiger partial charge in [0.2, 0.25) is 0 Å². The second-order valence-corrected chi connectivity index (χ2v) is 30.7. The van der Waals surface area contributed by atoms with Crippen molar-refractivity contribution in [2.75, 3.05) is 0 Å². The molecule has 542 valence electrons. The van der Waals surface area contributed by atoms with Gasteiger partial charge in [-0.2, -0.15) is 0 Å². The molecule has 9 aromatic carbocycles. The average Bonchev–Trinajstić information content (AvgIpc) is 0.755. The molecule has 9 rings (SSSR count). The maximum Gasteiger partial charge on any atom is -0.00206 e. The van der Waals surface area contributed by atoms with Gasteiger partial charge in [0.1, 0.15) is 0 Å². The summed E-state index contributed by atoms with van der Waals surface area (Å²) in [6.07, 6.45) is 54.1. The van der Waals surface area contributed by atoms with Gasteiger partial charge in [-0.25, -0.2) is 0 Å². The van der Waals surface area contributed by atoms with E-state index in [9.17, 15) is 0 Å². The van der Waals surface area contributed by atoms with Gasteiger partial charge in [-0.15, -0.1) is 0 Å². The topological polar surface area (TPSA) is 0 Å². The quantitative estimate of drug-likeness (QED) is 0.0333. The summed E-state index contributed by atoms with van der Waals surface area (Å²) >= 11 is 0. The molecule has 0 saturated heterocycles.